The average Bonchev–Trinajstić information content (AvgIpc) is 2.68. The molecule has 0 aromatic heterocycles. The maximum atomic E-state index is 12.5. The molecule has 0 N–H and O–H groups in total. The van der Waals surface area contributed by atoms with Gasteiger partial charge in [-0.05, 0) is 18.2 Å². The van der Waals surface area contributed by atoms with Gasteiger partial charge in [0, 0.05) is 5.69 Å². The third-order valence-electron chi connectivity index (χ3n) is 2.78. The number of carbonyl (C=O) groups is 1. The number of halogens is 4. The van der Waals surface area contributed by atoms with E-state index in [2.05, 4.69) is 4.74 Å². The molecule has 106 valence electrons. The summed E-state index contributed by atoms with van der Waals surface area (Å²) < 4.78 is 42.0. The molecule has 1 unspecified atom stereocenters. The molecule has 1 aliphatic heterocycles. The first-order valence-corrected chi connectivity index (χ1v) is 5.92. The zero-order valence-electron chi connectivity index (χ0n) is 9.95. The molecule has 0 spiro atoms. The number of carbonyl (C=O) groups excluding carboxylic acids is 1. The Labute approximate surface area is 117 Å². The minimum absolute atomic E-state index is 0.0652. The topological polar surface area (TPSA) is 53.3 Å². The van der Waals surface area contributed by atoms with Crippen LogP contribution in [-0.2, 0) is 4.74 Å². The van der Waals surface area contributed by atoms with Crippen LogP contribution in [0.15, 0.2) is 18.2 Å². The highest BCUT2D eigenvalue weighted by atomic mass is 35.5. The van der Waals surface area contributed by atoms with Crippen LogP contribution in [0.1, 0.15) is 12.0 Å². The number of nitriles is 1. The van der Waals surface area contributed by atoms with Gasteiger partial charge in [0.1, 0.15) is 12.7 Å². The molecular weight excluding hydrogens is 297 g/mol. The van der Waals surface area contributed by atoms with Gasteiger partial charge in [-0.3, -0.25) is 4.90 Å². The molecule has 1 aromatic rings. The molecule has 0 aliphatic carbocycles. The Balaban J connectivity index is 2.31. The van der Waals surface area contributed by atoms with Crippen molar-refractivity contribution in [1.82, 2.24) is 0 Å². The van der Waals surface area contributed by atoms with Crippen molar-refractivity contribution in [2.24, 2.45) is 0 Å². The van der Waals surface area contributed by atoms with Gasteiger partial charge in [-0.2, -0.15) is 18.4 Å². The van der Waals surface area contributed by atoms with E-state index in [1.807, 2.05) is 6.07 Å². The van der Waals surface area contributed by atoms with Gasteiger partial charge in [-0.25, -0.2) is 4.79 Å². The summed E-state index contributed by atoms with van der Waals surface area (Å²) >= 11 is 5.81. The van der Waals surface area contributed by atoms with E-state index in [0.29, 0.717) is 0 Å². The second kappa shape index (κ2) is 5.21. The van der Waals surface area contributed by atoms with Gasteiger partial charge in [0.05, 0.1) is 23.0 Å². The van der Waals surface area contributed by atoms with Gasteiger partial charge in [0.25, 0.3) is 0 Å². The fourth-order valence-corrected chi connectivity index (χ4v) is 2.16. The number of ether oxygens (including phenoxy) is 1. The summed E-state index contributed by atoms with van der Waals surface area (Å²) in [5.41, 5.74) is 0.348. The van der Waals surface area contributed by atoms with Gasteiger partial charge in [-0.15, -0.1) is 0 Å². The smallest absolute Gasteiger partial charge is 0.414 e. The predicted molar refractivity (Wildman–Crippen MR) is 64.5 cm³/mol. The van der Waals surface area contributed by atoms with Gasteiger partial charge in [0.15, 0.2) is 0 Å². The van der Waals surface area contributed by atoms with Crippen LogP contribution in [0.2, 0.25) is 5.02 Å². The molecule has 20 heavy (non-hydrogen) atoms. The molecule has 4 nitrogen and oxygen atoms in total. The summed E-state index contributed by atoms with van der Waals surface area (Å²) in [5, 5.41) is 8.81. The van der Waals surface area contributed by atoms with E-state index in [0.717, 1.165) is 4.90 Å². The summed E-state index contributed by atoms with van der Waals surface area (Å²) in [6, 6.07) is 4.67. The Hall–Kier alpha value is -1.94. The SMILES string of the molecule is N#Cc1ccc(N2C(=O)OCC2CC(F)(F)F)cc1Cl. The number of anilines is 1. The normalized spacial score (nSPS) is 18.9. The zero-order chi connectivity index (χ0) is 14.9. The van der Waals surface area contributed by atoms with Crippen molar-refractivity contribution in [3.8, 4) is 6.07 Å². The highest BCUT2D eigenvalue weighted by Crippen LogP contribution is 2.32. The van der Waals surface area contributed by atoms with E-state index in [9.17, 15) is 18.0 Å². The molecule has 8 heteroatoms. The average molecular weight is 305 g/mol. The van der Waals surface area contributed by atoms with Crippen molar-refractivity contribution in [2.45, 2.75) is 18.6 Å². The van der Waals surface area contributed by atoms with Crippen LogP contribution in [0.3, 0.4) is 0 Å². The van der Waals surface area contributed by atoms with E-state index >= 15 is 0 Å². The summed E-state index contributed by atoms with van der Waals surface area (Å²) in [4.78, 5) is 12.5. The minimum atomic E-state index is -4.41. The number of benzene rings is 1. The second-order valence-corrected chi connectivity index (χ2v) is 4.60. The molecule has 1 fully saturated rings. The number of amides is 1. The maximum Gasteiger partial charge on any atom is 0.414 e. The molecule has 2 rings (SSSR count). The number of rotatable bonds is 2. The Kier molecular flexibility index (Phi) is 3.77. The monoisotopic (exact) mass is 304 g/mol. The number of hydrogen-bond donors (Lipinski definition) is 0. The van der Waals surface area contributed by atoms with Crippen LogP contribution in [-0.4, -0.2) is 24.9 Å². The minimum Gasteiger partial charge on any atom is -0.447 e. The third-order valence-corrected chi connectivity index (χ3v) is 3.09. The number of cyclic esters (lactones) is 1. The van der Waals surface area contributed by atoms with Gasteiger partial charge < -0.3 is 4.74 Å². The molecule has 1 heterocycles. The van der Waals surface area contributed by atoms with Crippen LogP contribution >= 0.6 is 11.6 Å². The molecular formula is C12H8ClF3N2O2. The molecule has 1 aliphatic rings. The maximum absolute atomic E-state index is 12.5. The fraction of sp³-hybridized carbons (Fsp3) is 0.333. The van der Waals surface area contributed by atoms with Gasteiger partial charge in [-0.1, -0.05) is 11.6 Å². The van der Waals surface area contributed by atoms with Crippen LogP contribution in [0.25, 0.3) is 0 Å². The largest absolute Gasteiger partial charge is 0.447 e. The molecule has 1 aromatic carbocycles. The van der Waals surface area contributed by atoms with Crippen LogP contribution < -0.4 is 4.90 Å². The summed E-state index contributed by atoms with van der Waals surface area (Å²) in [6.45, 7) is -0.337. The first kappa shape index (κ1) is 14.5. The van der Waals surface area contributed by atoms with Gasteiger partial charge >= 0.3 is 12.3 Å². The molecule has 0 saturated carbocycles. The molecule has 0 radical (unpaired) electrons. The number of alkyl halides is 3. The Bertz CT molecular complexity index is 583. The third kappa shape index (κ3) is 2.96. The van der Waals surface area contributed by atoms with E-state index in [-0.39, 0.29) is 22.9 Å². The van der Waals surface area contributed by atoms with Crippen LogP contribution in [0.4, 0.5) is 23.7 Å². The van der Waals surface area contributed by atoms with Gasteiger partial charge in [0.2, 0.25) is 0 Å². The number of nitrogens with zero attached hydrogens (tertiary/aromatic N) is 2. The zero-order valence-corrected chi connectivity index (χ0v) is 10.7. The van der Waals surface area contributed by atoms with Crippen molar-refractivity contribution in [1.29, 1.82) is 5.26 Å². The Morgan fingerprint density at radius 2 is 2.20 bits per heavy atom. The van der Waals surface area contributed by atoms with E-state index in [1.165, 1.54) is 18.2 Å². The fourth-order valence-electron chi connectivity index (χ4n) is 1.94. The molecule has 1 saturated heterocycles. The first-order chi connectivity index (χ1) is 9.31. The second-order valence-electron chi connectivity index (χ2n) is 4.20. The Morgan fingerprint density at radius 1 is 1.50 bits per heavy atom. The lowest BCUT2D eigenvalue weighted by molar-refractivity contribution is -0.138. The van der Waals surface area contributed by atoms with E-state index in [4.69, 9.17) is 16.9 Å². The molecule has 1 atom stereocenters. The molecule has 0 bridgehead atoms. The first-order valence-electron chi connectivity index (χ1n) is 5.54. The van der Waals surface area contributed by atoms with Crippen molar-refractivity contribution < 1.29 is 22.7 Å². The highest BCUT2D eigenvalue weighted by molar-refractivity contribution is 6.32. The standard InChI is InChI=1S/C12H8ClF3N2O2/c13-10-3-8(2-1-7(10)5-17)18-9(4-12(14,15)16)6-20-11(18)19/h1-3,9H,4,6H2. The summed E-state index contributed by atoms with van der Waals surface area (Å²) in [6.07, 6.45) is -6.44. The number of hydrogen-bond acceptors (Lipinski definition) is 3. The Morgan fingerprint density at radius 3 is 2.75 bits per heavy atom. The van der Waals surface area contributed by atoms with Crippen molar-refractivity contribution in [3.63, 3.8) is 0 Å². The van der Waals surface area contributed by atoms with Crippen LogP contribution in [0, 0.1) is 11.3 Å². The lowest BCUT2D eigenvalue weighted by Gasteiger charge is -2.22. The lowest BCUT2D eigenvalue weighted by atomic mass is 10.1. The van der Waals surface area contributed by atoms with E-state index in [1.54, 1.807) is 0 Å². The summed E-state index contributed by atoms with van der Waals surface area (Å²) in [7, 11) is 0. The quantitative estimate of drug-likeness (QED) is 0.840. The summed E-state index contributed by atoms with van der Waals surface area (Å²) in [5.74, 6) is 0. The lowest BCUT2D eigenvalue weighted by Crippen LogP contribution is -2.36. The van der Waals surface area contributed by atoms with E-state index < -0.39 is 24.7 Å². The van der Waals surface area contributed by atoms with Crippen molar-refractivity contribution in [3.05, 3.63) is 28.8 Å². The molecule has 1 amide bonds. The van der Waals surface area contributed by atoms with Crippen LogP contribution in [0.5, 0.6) is 0 Å². The highest BCUT2D eigenvalue weighted by Gasteiger charge is 2.42. The van der Waals surface area contributed by atoms with Crippen molar-refractivity contribution >= 4 is 23.4 Å². The predicted octanol–water partition coefficient (Wildman–Crippen LogP) is 3.49. The van der Waals surface area contributed by atoms with Crippen molar-refractivity contribution in [2.75, 3.05) is 11.5 Å².